The summed E-state index contributed by atoms with van der Waals surface area (Å²) in [5, 5.41) is 2.79. The van der Waals surface area contributed by atoms with Gasteiger partial charge in [0.05, 0.1) is 28.8 Å². The highest BCUT2D eigenvalue weighted by Gasteiger charge is 2.30. The number of imidazole rings is 1. The van der Waals surface area contributed by atoms with E-state index in [9.17, 15) is 18.0 Å². The molecule has 148 valence electrons. The fourth-order valence-electron chi connectivity index (χ4n) is 3.00. The van der Waals surface area contributed by atoms with Crippen LogP contribution in [0.5, 0.6) is 0 Å². The number of aryl methyl sites for hydroxylation is 2. The van der Waals surface area contributed by atoms with Gasteiger partial charge in [-0.1, -0.05) is 12.1 Å². The Morgan fingerprint density at radius 3 is 2.45 bits per heavy atom. The highest BCUT2D eigenvalue weighted by atomic mass is 32.1. The van der Waals surface area contributed by atoms with E-state index in [1.54, 1.807) is 23.5 Å². The number of benzene rings is 1. The maximum Gasteiger partial charge on any atom is 0.416 e. The number of nitrogens with one attached hydrogen (secondary N) is 1. The molecule has 0 fully saturated rings. The smallest absolute Gasteiger partial charge is 0.319 e. The molecular weight excluding hydrogens is 401 g/mol. The van der Waals surface area contributed by atoms with Crippen molar-refractivity contribution in [2.75, 3.05) is 5.32 Å². The van der Waals surface area contributed by atoms with Gasteiger partial charge in [-0.15, -0.1) is 11.3 Å². The topological polar surface area (TPSA) is 59.3 Å². The lowest BCUT2D eigenvalue weighted by Gasteiger charge is -2.08. The van der Waals surface area contributed by atoms with Crippen LogP contribution < -0.4 is 5.32 Å². The van der Waals surface area contributed by atoms with Crippen LogP contribution in [-0.4, -0.2) is 20.3 Å². The van der Waals surface area contributed by atoms with E-state index >= 15 is 0 Å². The van der Waals surface area contributed by atoms with Crippen LogP contribution >= 0.6 is 11.3 Å². The minimum Gasteiger partial charge on any atom is -0.319 e. The number of carbonyl (C=O) groups excluding carboxylic acids is 1. The average molecular weight is 416 g/mol. The van der Waals surface area contributed by atoms with Crippen molar-refractivity contribution < 1.29 is 18.0 Å². The van der Waals surface area contributed by atoms with E-state index in [1.807, 2.05) is 13.1 Å². The zero-order valence-electron chi connectivity index (χ0n) is 15.4. The zero-order chi connectivity index (χ0) is 20.8. The van der Waals surface area contributed by atoms with Gasteiger partial charge in [0.15, 0.2) is 4.96 Å². The summed E-state index contributed by atoms with van der Waals surface area (Å²) in [4.78, 5) is 23.1. The van der Waals surface area contributed by atoms with Crippen molar-refractivity contribution in [1.29, 1.82) is 0 Å². The van der Waals surface area contributed by atoms with Gasteiger partial charge < -0.3 is 5.32 Å². The van der Waals surface area contributed by atoms with E-state index in [-0.39, 0.29) is 5.91 Å². The first-order valence-electron chi connectivity index (χ1n) is 8.62. The standard InChI is InChI=1S/C20H15F3N4OS/c1-11-10-27-17(12(2)25-19(27)29-11)18(28)26-15-7-8-16(24-9-15)13-3-5-14(6-4-13)20(21,22)23/h3-10H,1-2H3,(H,26,28). The number of thiazole rings is 1. The van der Waals surface area contributed by atoms with Gasteiger partial charge >= 0.3 is 6.18 Å². The molecule has 1 aromatic carbocycles. The van der Waals surface area contributed by atoms with Gasteiger partial charge in [-0.25, -0.2) is 4.98 Å². The summed E-state index contributed by atoms with van der Waals surface area (Å²) in [6.45, 7) is 3.72. The maximum atomic E-state index is 12.7. The molecule has 9 heteroatoms. The zero-order valence-corrected chi connectivity index (χ0v) is 16.2. The molecule has 0 saturated carbocycles. The molecule has 5 nitrogen and oxygen atoms in total. The Hall–Kier alpha value is -3.20. The predicted molar refractivity (Wildman–Crippen MR) is 105 cm³/mol. The van der Waals surface area contributed by atoms with E-state index in [2.05, 4.69) is 15.3 Å². The van der Waals surface area contributed by atoms with Crippen LogP contribution in [0.3, 0.4) is 0 Å². The molecule has 0 atom stereocenters. The lowest BCUT2D eigenvalue weighted by Crippen LogP contribution is -2.15. The van der Waals surface area contributed by atoms with E-state index in [1.165, 1.54) is 29.7 Å². The van der Waals surface area contributed by atoms with E-state index in [0.717, 1.165) is 22.0 Å². The van der Waals surface area contributed by atoms with Crippen molar-refractivity contribution in [2.45, 2.75) is 20.0 Å². The molecule has 0 aliphatic rings. The molecule has 0 spiro atoms. The first-order valence-corrected chi connectivity index (χ1v) is 9.44. The molecule has 4 rings (SSSR count). The van der Waals surface area contributed by atoms with Crippen molar-refractivity contribution in [3.05, 3.63) is 70.6 Å². The molecule has 3 heterocycles. The van der Waals surface area contributed by atoms with Gasteiger partial charge in [-0.2, -0.15) is 13.2 Å². The second-order valence-corrected chi connectivity index (χ2v) is 7.71. The number of aromatic nitrogens is 3. The van der Waals surface area contributed by atoms with Gasteiger partial charge in [0.2, 0.25) is 0 Å². The Morgan fingerprint density at radius 2 is 1.83 bits per heavy atom. The highest BCUT2D eigenvalue weighted by molar-refractivity contribution is 7.17. The van der Waals surface area contributed by atoms with Crippen molar-refractivity contribution in [2.24, 2.45) is 0 Å². The fraction of sp³-hybridized carbons (Fsp3) is 0.150. The number of alkyl halides is 3. The van der Waals surface area contributed by atoms with Gasteiger partial charge in [-0.3, -0.25) is 14.2 Å². The fourth-order valence-corrected chi connectivity index (χ4v) is 3.87. The highest BCUT2D eigenvalue weighted by Crippen LogP contribution is 2.30. The third-order valence-electron chi connectivity index (χ3n) is 4.36. The number of hydrogen-bond donors (Lipinski definition) is 1. The lowest BCUT2D eigenvalue weighted by atomic mass is 10.1. The molecule has 0 unspecified atom stereocenters. The monoisotopic (exact) mass is 416 g/mol. The molecular formula is C20H15F3N4OS. The van der Waals surface area contributed by atoms with E-state index < -0.39 is 11.7 Å². The summed E-state index contributed by atoms with van der Waals surface area (Å²) in [6, 6.07) is 8.08. The summed E-state index contributed by atoms with van der Waals surface area (Å²) < 4.78 is 39.8. The second kappa shape index (κ2) is 7.00. The van der Waals surface area contributed by atoms with Crippen LogP contribution in [0.4, 0.5) is 18.9 Å². The third kappa shape index (κ3) is 3.73. The van der Waals surface area contributed by atoms with Crippen LogP contribution in [0.2, 0.25) is 0 Å². The summed E-state index contributed by atoms with van der Waals surface area (Å²) in [5.41, 5.74) is 1.91. The van der Waals surface area contributed by atoms with E-state index in [0.29, 0.717) is 28.3 Å². The number of nitrogens with zero attached hydrogens (tertiary/aromatic N) is 3. The Balaban J connectivity index is 1.53. The molecule has 1 N–H and O–H groups in total. The Labute approximate surface area is 167 Å². The van der Waals surface area contributed by atoms with Crippen molar-refractivity contribution >= 4 is 27.9 Å². The van der Waals surface area contributed by atoms with Crippen LogP contribution in [0, 0.1) is 13.8 Å². The lowest BCUT2D eigenvalue weighted by molar-refractivity contribution is -0.137. The van der Waals surface area contributed by atoms with Gasteiger partial charge in [0, 0.05) is 16.6 Å². The molecule has 29 heavy (non-hydrogen) atoms. The van der Waals surface area contributed by atoms with Gasteiger partial charge in [0.1, 0.15) is 5.69 Å². The largest absolute Gasteiger partial charge is 0.416 e. The van der Waals surface area contributed by atoms with Crippen molar-refractivity contribution in [3.8, 4) is 11.3 Å². The summed E-state index contributed by atoms with van der Waals surface area (Å²) >= 11 is 1.50. The van der Waals surface area contributed by atoms with Crippen LogP contribution in [0.1, 0.15) is 26.6 Å². The molecule has 3 aromatic heterocycles. The molecule has 0 radical (unpaired) electrons. The number of fused-ring (bicyclic) bond motifs is 1. The quantitative estimate of drug-likeness (QED) is 0.490. The SMILES string of the molecule is Cc1cn2c(C(=O)Nc3ccc(-c4ccc(C(F)(F)F)cc4)nc3)c(C)nc2s1. The van der Waals surface area contributed by atoms with Crippen LogP contribution in [0.15, 0.2) is 48.8 Å². The normalized spacial score (nSPS) is 11.8. The molecule has 1 amide bonds. The molecule has 0 aliphatic carbocycles. The average Bonchev–Trinajstić information content (AvgIpc) is 3.15. The van der Waals surface area contributed by atoms with Gasteiger partial charge in [0.25, 0.3) is 5.91 Å². The Bertz CT molecular complexity index is 1190. The van der Waals surface area contributed by atoms with Gasteiger partial charge in [-0.05, 0) is 38.1 Å². The van der Waals surface area contributed by atoms with Crippen LogP contribution in [-0.2, 0) is 6.18 Å². The van der Waals surface area contributed by atoms with Crippen molar-refractivity contribution in [1.82, 2.24) is 14.4 Å². The number of rotatable bonds is 3. The third-order valence-corrected chi connectivity index (χ3v) is 5.26. The summed E-state index contributed by atoms with van der Waals surface area (Å²) in [6.07, 6.45) is -1.05. The van der Waals surface area contributed by atoms with Crippen molar-refractivity contribution in [3.63, 3.8) is 0 Å². The second-order valence-electron chi connectivity index (χ2n) is 6.50. The van der Waals surface area contributed by atoms with Crippen LogP contribution in [0.25, 0.3) is 16.2 Å². The minimum absolute atomic E-state index is 0.308. The summed E-state index contributed by atoms with van der Waals surface area (Å²) in [7, 11) is 0. The number of anilines is 1. The Kier molecular flexibility index (Phi) is 4.62. The number of hydrogen-bond acceptors (Lipinski definition) is 4. The van der Waals surface area contributed by atoms with E-state index in [4.69, 9.17) is 0 Å². The molecule has 0 bridgehead atoms. The molecule has 0 aliphatic heterocycles. The number of pyridine rings is 1. The number of halogens is 3. The minimum atomic E-state index is -4.38. The molecule has 0 saturated heterocycles. The molecule has 4 aromatic rings. The Morgan fingerprint density at radius 1 is 1.10 bits per heavy atom. The first kappa shape index (κ1) is 19.1. The summed E-state index contributed by atoms with van der Waals surface area (Å²) in [5.74, 6) is -0.308. The number of carbonyl (C=O) groups is 1. The first-order chi connectivity index (χ1) is 13.7. The predicted octanol–water partition coefficient (Wildman–Crippen LogP) is 5.35. The number of amides is 1. The maximum absolute atomic E-state index is 12.7.